The Balaban J connectivity index is 1.38. The second-order valence-electron chi connectivity index (χ2n) is 5.18. The Morgan fingerprint density at radius 1 is 1.50 bits per heavy atom. The molecule has 3 heterocycles. The molecule has 24 heavy (non-hydrogen) atoms. The molecule has 8 heteroatoms. The van der Waals surface area contributed by atoms with Crippen molar-refractivity contribution in [3.63, 3.8) is 0 Å². The van der Waals surface area contributed by atoms with E-state index in [4.69, 9.17) is 9.15 Å². The number of aromatic nitrogens is 3. The molecule has 0 unspecified atom stereocenters. The number of ether oxygens (including phenoxy) is 1. The van der Waals surface area contributed by atoms with Crippen molar-refractivity contribution in [2.45, 2.75) is 13.0 Å². The molecular weight excluding hydrogens is 328 g/mol. The van der Waals surface area contributed by atoms with Crippen molar-refractivity contribution in [3.8, 4) is 10.6 Å². The Bertz CT molecular complexity index is 779. The summed E-state index contributed by atoms with van der Waals surface area (Å²) in [5.41, 5.74) is 1.34. The van der Waals surface area contributed by atoms with E-state index in [9.17, 15) is 4.79 Å². The monoisotopic (exact) mass is 346 g/mol. The van der Waals surface area contributed by atoms with Crippen molar-refractivity contribution in [1.82, 2.24) is 20.1 Å². The lowest BCUT2D eigenvalue weighted by atomic mass is 10.3. The molecule has 1 amide bonds. The number of rotatable bonds is 8. The predicted octanol–water partition coefficient (Wildman–Crippen LogP) is 2.47. The lowest BCUT2D eigenvalue weighted by Gasteiger charge is -2.04. The summed E-state index contributed by atoms with van der Waals surface area (Å²) in [5, 5.41) is 9.49. The molecule has 0 saturated heterocycles. The van der Waals surface area contributed by atoms with Gasteiger partial charge in [0.2, 0.25) is 0 Å². The molecule has 0 fully saturated rings. The number of carbonyl (C=O) groups is 1. The molecule has 0 saturated carbocycles. The summed E-state index contributed by atoms with van der Waals surface area (Å²) in [6.45, 7) is 1.54. The molecule has 126 valence electrons. The normalized spacial score (nSPS) is 10.9. The highest BCUT2D eigenvalue weighted by molar-refractivity contribution is 7.13. The third-order valence-corrected chi connectivity index (χ3v) is 4.16. The first-order chi connectivity index (χ1) is 11.7. The molecule has 0 atom stereocenters. The van der Waals surface area contributed by atoms with Crippen LogP contribution in [0, 0.1) is 0 Å². The molecule has 0 aliphatic carbocycles. The van der Waals surface area contributed by atoms with E-state index in [1.807, 2.05) is 25.4 Å². The third kappa shape index (κ3) is 4.30. The molecule has 3 rings (SSSR count). The SMILES string of the molecule is Cn1cc(-c2nc(C(=O)NCCCOCc3ccco3)cs2)cn1. The fourth-order valence-electron chi connectivity index (χ4n) is 2.08. The summed E-state index contributed by atoms with van der Waals surface area (Å²) in [6.07, 6.45) is 5.95. The zero-order chi connectivity index (χ0) is 16.8. The minimum atomic E-state index is -0.174. The smallest absolute Gasteiger partial charge is 0.270 e. The van der Waals surface area contributed by atoms with E-state index < -0.39 is 0 Å². The zero-order valence-corrected chi connectivity index (χ0v) is 14.1. The van der Waals surface area contributed by atoms with Gasteiger partial charge in [-0.2, -0.15) is 5.10 Å². The predicted molar refractivity (Wildman–Crippen MR) is 89.6 cm³/mol. The van der Waals surface area contributed by atoms with Gasteiger partial charge in [0, 0.05) is 37.3 Å². The van der Waals surface area contributed by atoms with Crippen molar-refractivity contribution >= 4 is 17.2 Å². The molecule has 0 spiro atoms. The van der Waals surface area contributed by atoms with Gasteiger partial charge < -0.3 is 14.5 Å². The second kappa shape index (κ2) is 7.89. The molecule has 0 radical (unpaired) electrons. The highest BCUT2D eigenvalue weighted by Crippen LogP contribution is 2.22. The first-order valence-electron chi connectivity index (χ1n) is 7.55. The number of nitrogens with zero attached hydrogens (tertiary/aromatic N) is 3. The second-order valence-corrected chi connectivity index (χ2v) is 6.04. The van der Waals surface area contributed by atoms with Gasteiger partial charge in [0.1, 0.15) is 23.1 Å². The molecule has 1 N–H and O–H groups in total. The first-order valence-corrected chi connectivity index (χ1v) is 8.43. The van der Waals surface area contributed by atoms with Crippen LogP contribution in [0.4, 0.5) is 0 Å². The lowest BCUT2D eigenvalue weighted by Crippen LogP contribution is -2.25. The van der Waals surface area contributed by atoms with Gasteiger partial charge in [-0.25, -0.2) is 4.98 Å². The average Bonchev–Trinajstić information content (AvgIpc) is 3.31. The Kier molecular flexibility index (Phi) is 5.39. The maximum Gasteiger partial charge on any atom is 0.270 e. The van der Waals surface area contributed by atoms with Crippen LogP contribution in [0.25, 0.3) is 10.6 Å². The average molecular weight is 346 g/mol. The minimum Gasteiger partial charge on any atom is -0.467 e. The topological polar surface area (TPSA) is 82.2 Å². The quantitative estimate of drug-likeness (QED) is 0.634. The Labute approximate surface area is 143 Å². The van der Waals surface area contributed by atoms with Crippen LogP contribution in [0.5, 0.6) is 0 Å². The van der Waals surface area contributed by atoms with E-state index in [1.54, 1.807) is 22.5 Å². The fraction of sp³-hybridized carbons (Fsp3) is 0.312. The van der Waals surface area contributed by atoms with E-state index in [2.05, 4.69) is 15.4 Å². The number of nitrogens with one attached hydrogen (secondary N) is 1. The number of hydrogen-bond donors (Lipinski definition) is 1. The number of aryl methyl sites for hydroxylation is 1. The van der Waals surface area contributed by atoms with Gasteiger partial charge in [0.15, 0.2) is 0 Å². The largest absolute Gasteiger partial charge is 0.467 e. The van der Waals surface area contributed by atoms with E-state index >= 15 is 0 Å². The Morgan fingerprint density at radius 2 is 2.42 bits per heavy atom. The molecule has 3 aromatic heterocycles. The number of thiazole rings is 1. The Hall–Kier alpha value is -2.45. The van der Waals surface area contributed by atoms with Crippen molar-refractivity contribution in [2.24, 2.45) is 7.05 Å². The molecule has 0 aliphatic heterocycles. The van der Waals surface area contributed by atoms with Crippen molar-refractivity contribution in [2.75, 3.05) is 13.2 Å². The van der Waals surface area contributed by atoms with Crippen LogP contribution in [-0.4, -0.2) is 33.8 Å². The first kappa shape index (κ1) is 16.4. The fourth-order valence-corrected chi connectivity index (χ4v) is 2.85. The summed E-state index contributed by atoms with van der Waals surface area (Å²) in [4.78, 5) is 16.4. The van der Waals surface area contributed by atoms with E-state index in [0.717, 1.165) is 22.8 Å². The van der Waals surface area contributed by atoms with Crippen LogP contribution in [0.15, 0.2) is 40.6 Å². The van der Waals surface area contributed by atoms with Crippen LogP contribution in [0.2, 0.25) is 0 Å². The maximum atomic E-state index is 12.1. The standard InChI is InChI=1S/C16H18N4O3S/c1-20-9-12(8-18-20)16-19-14(11-24-16)15(21)17-5-3-6-22-10-13-4-2-7-23-13/h2,4,7-9,11H,3,5-6,10H2,1H3,(H,17,21). The molecule has 0 bridgehead atoms. The number of amides is 1. The summed E-state index contributed by atoms with van der Waals surface area (Å²) >= 11 is 1.43. The number of carbonyl (C=O) groups excluding carboxylic acids is 1. The van der Waals surface area contributed by atoms with Crippen LogP contribution in [0.1, 0.15) is 22.7 Å². The van der Waals surface area contributed by atoms with Gasteiger partial charge in [-0.15, -0.1) is 11.3 Å². The van der Waals surface area contributed by atoms with E-state index in [1.165, 1.54) is 11.3 Å². The molecule has 0 aliphatic rings. The van der Waals surface area contributed by atoms with Crippen molar-refractivity contribution < 1.29 is 13.9 Å². The van der Waals surface area contributed by atoms with Gasteiger partial charge in [-0.3, -0.25) is 9.48 Å². The molecular formula is C16H18N4O3S. The van der Waals surface area contributed by atoms with Gasteiger partial charge >= 0.3 is 0 Å². The molecule has 3 aromatic rings. The van der Waals surface area contributed by atoms with Crippen molar-refractivity contribution in [3.05, 3.63) is 47.6 Å². The summed E-state index contributed by atoms with van der Waals surface area (Å²) < 4.78 is 12.3. The summed E-state index contributed by atoms with van der Waals surface area (Å²) in [7, 11) is 1.85. The minimum absolute atomic E-state index is 0.174. The van der Waals surface area contributed by atoms with Crippen molar-refractivity contribution in [1.29, 1.82) is 0 Å². The highest BCUT2D eigenvalue weighted by atomic mass is 32.1. The van der Waals surface area contributed by atoms with E-state index in [-0.39, 0.29) is 5.91 Å². The summed E-state index contributed by atoms with van der Waals surface area (Å²) in [6, 6.07) is 3.69. The van der Waals surface area contributed by atoms with Gasteiger partial charge in [0.25, 0.3) is 5.91 Å². The highest BCUT2D eigenvalue weighted by Gasteiger charge is 2.12. The molecule has 0 aromatic carbocycles. The Morgan fingerprint density at radius 3 is 3.17 bits per heavy atom. The number of hydrogen-bond acceptors (Lipinski definition) is 6. The van der Waals surface area contributed by atoms with Crippen LogP contribution >= 0.6 is 11.3 Å². The zero-order valence-electron chi connectivity index (χ0n) is 13.3. The third-order valence-electron chi connectivity index (χ3n) is 3.26. The number of furan rings is 1. The van der Waals surface area contributed by atoms with Gasteiger partial charge in [-0.05, 0) is 18.6 Å². The van der Waals surface area contributed by atoms with Crippen LogP contribution in [-0.2, 0) is 18.4 Å². The van der Waals surface area contributed by atoms with E-state index in [0.29, 0.717) is 25.5 Å². The molecule has 7 nitrogen and oxygen atoms in total. The van der Waals surface area contributed by atoms with Gasteiger partial charge in [-0.1, -0.05) is 0 Å². The van der Waals surface area contributed by atoms with Crippen LogP contribution < -0.4 is 5.32 Å². The van der Waals surface area contributed by atoms with Gasteiger partial charge in [0.05, 0.1) is 12.5 Å². The lowest BCUT2D eigenvalue weighted by molar-refractivity contribution is 0.0913. The maximum absolute atomic E-state index is 12.1. The summed E-state index contributed by atoms with van der Waals surface area (Å²) in [5.74, 6) is 0.622. The van der Waals surface area contributed by atoms with Crippen LogP contribution in [0.3, 0.4) is 0 Å².